The molecule has 0 saturated carbocycles. The third kappa shape index (κ3) is 2.04. The Morgan fingerprint density at radius 2 is 2.05 bits per heavy atom. The highest BCUT2D eigenvalue weighted by molar-refractivity contribution is 9.10. The van der Waals surface area contributed by atoms with E-state index in [9.17, 15) is 13.2 Å². The van der Waals surface area contributed by atoms with Crippen molar-refractivity contribution < 1.29 is 13.2 Å². The average molecular weight is 373 g/mol. The van der Waals surface area contributed by atoms with Gasteiger partial charge in [-0.1, -0.05) is 0 Å². The van der Waals surface area contributed by atoms with Gasteiger partial charge in [-0.2, -0.15) is 0 Å². The third-order valence-corrected chi connectivity index (χ3v) is 6.42. The Hall–Kier alpha value is -1.38. The monoisotopic (exact) mass is 372 g/mol. The summed E-state index contributed by atoms with van der Waals surface area (Å²) in [5.74, 6) is -0.531. The molecule has 2 heterocycles. The Bertz CT molecular complexity index is 814. The lowest BCUT2D eigenvalue weighted by Gasteiger charge is -2.13. The number of nitrogens with zero attached hydrogens (tertiary/aromatic N) is 1. The first-order valence-corrected chi connectivity index (χ1v) is 8.70. The van der Waals surface area contributed by atoms with Gasteiger partial charge in [-0.25, -0.2) is 12.7 Å². The van der Waals surface area contributed by atoms with Crippen molar-refractivity contribution in [3.8, 4) is 0 Å². The maximum atomic E-state index is 12.4. The van der Waals surface area contributed by atoms with Crippen LogP contribution in [0.3, 0.4) is 0 Å². The number of sulfonamides is 1. The van der Waals surface area contributed by atoms with E-state index in [-0.39, 0.29) is 17.0 Å². The van der Waals surface area contributed by atoms with E-state index in [1.807, 2.05) is 5.38 Å². The van der Waals surface area contributed by atoms with E-state index in [0.29, 0.717) is 5.69 Å². The number of thiophene rings is 1. The highest BCUT2D eigenvalue weighted by Gasteiger charge is 2.41. The molecule has 1 amide bonds. The molecule has 2 aromatic rings. The van der Waals surface area contributed by atoms with E-state index in [2.05, 4.69) is 15.9 Å². The lowest BCUT2D eigenvalue weighted by Crippen LogP contribution is -2.29. The zero-order valence-corrected chi connectivity index (χ0v) is 13.3. The Morgan fingerprint density at radius 3 is 2.70 bits per heavy atom. The summed E-state index contributed by atoms with van der Waals surface area (Å²) in [6.45, 7) is 0.0337. The van der Waals surface area contributed by atoms with Crippen LogP contribution in [0.5, 0.6) is 0 Å². The number of benzene rings is 1. The molecule has 1 aliphatic rings. The molecular formula is C12H9BrN2O3S2. The molecule has 0 unspecified atom stereocenters. The van der Waals surface area contributed by atoms with Crippen molar-refractivity contribution in [3.05, 3.63) is 44.6 Å². The fraction of sp³-hybridized carbons (Fsp3) is 0.0833. The largest absolute Gasteiger partial charge is 0.399 e. The summed E-state index contributed by atoms with van der Waals surface area (Å²) in [6.07, 6.45) is 0. The Balaban J connectivity index is 2.05. The number of halogens is 1. The predicted octanol–water partition coefficient (Wildman–Crippen LogP) is 2.44. The van der Waals surface area contributed by atoms with Crippen molar-refractivity contribution >= 4 is 48.9 Å². The van der Waals surface area contributed by atoms with Crippen LogP contribution in [0.1, 0.15) is 15.2 Å². The first-order valence-electron chi connectivity index (χ1n) is 5.59. The second-order valence-electron chi connectivity index (χ2n) is 4.30. The predicted molar refractivity (Wildman–Crippen MR) is 79.9 cm³/mol. The first kappa shape index (κ1) is 13.6. The van der Waals surface area contributed by atoms with E-state index in [4.69, 9.17) is 5.73 Å². The number of hydrogen-bond acceptors (Lipinski definition) is 5. The summed E-state index contributed by atoms with van der Waals surface area (Å²) in [5.41, 5.74) is 6.12. The third-order valence-electron chi connectivity index (χ3n) is 2.95. The minimum atomic E-state index is -3.78. The molecular weight excluding hydrogens is 364 g/mol. The van der Waals surface area contributed by atoms with Crippen molar-refractivity contribution in [1.82, 2.24) is 4.31 Å². The fourth-order valence-electron chi connectivity index (χ4n) is 2.04. The molecule has 0 bridgehead atoms. The Morgan fingerprint density at radius 1 is 1.30 bits per heavy atom. The van der Waals surface area contributed by atoms with Crippen molar-refractivity contribution in [2.45, 2.75) is 11.4 Å². The fourth-order valence-corrected chi connectivity index (χ4v) is 5.08. The van der Waals surface area contributed by atoms with Gasteiger partial charge in [0.15, 0.2) is 0 Å². The summed E-state index contributed by atoms with van der Waals surface area (Å²) in [6, 6.07) is 6.06. The number of fused-ring (bicyclic) bond motifs is 1. The molecule has 0 fully saturated rings. The van der Waals surface area contributed by atoms with Crippen LogP contribution in [0.15, 0.2) is 39.0 Å². The summed E-state index contributed by atoms with van der Waals surface area (Å²) in [7, 11) is -3.78. The van der Waals surface area contributed by atoms with Crippen molar-refractivity contribution in [1.29, 1.82) is 0 Å². The molecule has 20 heavy (non-hydrogen) atoms. The lowest BCUT2D eigenvalue weighted by molar-refractivity contribution is 0.0866. The van der Waals surface area contributed by atoms with Gasteiger partial charge in [0.05, 0.1) is 12.1 Å². The zero-order chi connectivity index (χ0) is 14.5. The number of carbonyl (C=O) groups is 1. The smallest absolute Gasteiger partial charge is 0.269 e. The molecule has 1 aliphatic heterocycles. The van der Waals surface area contributed by atoms with Crippen molar-refractivity contribution in [2.24, 2.45) is 0 Å². The number of hydrogen-bond donors (Lipinski definition) is 1. The van der Waals surface area contributed by atoms with Crippen LogP contribution >= 0.6 is 27.3 Å². The van der Waals surface area contributed by atoms with Crippen molar-refractivity contribution in [2.75, 3.05) is 5.73 Å². The maximum Gasteiger partial charge on any atom is 0.269 e. The molecule has 0 saturated heterocycles. The molecule has 5 nitrogen and oxygen atoms in total. The molecule has 3 rings (SSSR count). The number of carbonyl (C=O) groups excluding carboxylic acids is 1. The molecule has 8 heteroatoms. The van der Waals surface area contributed by atoms with Gasteiger partial charge in [0.1, 0.15) is 4.90 Å². The average Bonchev–Trinajstić information content (AvgIpc) is 2.86. The molecule has 1 aromatic carbocycles. The van der Waals surface area contributed by atoms with E-state index in [1.165, 1.54) is 29.5 Å². The number of nitrogen functional groups attached to an aromatic ring is 1. The second kappa shape index (κ2) is 4.57. The van der Waals surface area contributed by atoms with Gasteiger partial charge >= 0.3 is 0 Å². The van der Waals surface area contributed by atoms with E-state index < -0.39 is 15.9 Å². The molecule has 0 spiro atoms. The second-order valence-corrected chi connectivity index (χ2v) is 8.05. The number of nitrogens with two attached hydrogens (primary N) is 1. The molecule has 0 atom stereocenters. The molecule has 2 N–H and O–H groups in total. The van der Waals surface area contributed by atoms with Crippen LogP contribution in [0.25, 0.3) is 0 Å². The normalized spacial score (nSPS) is 16.4. The van der Waals surface area contributed by atoms with Crippen LogP contribution in [0.4, 0.5) is 5.69 Å². The molecule has 0 radical (unpaired) electrons. The van der Waals surface area contributed by atoms with Gasteiger partial charge in [-0.05, 0) is 40.2 Å². The topological polar surface area (TPSA) is 80.5 Å². The van der Waals surface area contributed by atoms with E-state index >= 15 is 0 Å². The summed E-state index contributed by atoms with van der Waals surface area (Å²) in [4.78, 5) is 13.1. The van der Waals surface area contributed by atoms with Crippen molar-refractivity contribution in [3.63, 3.8) is 0 Å². The van der Waals surface area contributed by atoms with Gasteiger partial charge in [-0.3, -0.25) is 4.79 Å². The van der Waals surface area contributed by atoms with Crippen LogP contribution in [-0.4, -0.2) is 18.6 Å². The van der Waals surface area contributed by atoms with Gasteiger partial charge in [0.25, 0.3) is 15.9 Å². The van der Waals surface area contributed by atoms with Gasteiger partial charge in [0.2, 0.25) is 0 Å². The minimum absolute atomic E-state index is 0.0207. The number of anilines is 1. The molecule has 1 aromatic heterocycles. The summed E-state index contributed by atoms with van der Waals surface area (Å²) in [5, 5.41) is 1.84. The molecule has 0 aliphatic carbocycles. The molecule has 104 valence electrons. The van der Waals surface area contributed by atoms with Crippen LogP contribution < -0.4 is 5.73 Å². The summed E-state index contributed by atoms with van der Waals surface area (Å²) >= 11 is 4.70. The minimum Gasteiger partial charge on any atom is -0.399 e. The standard InChI is InChI=1S/C12H9BrN2O3S2/c13-7-3-9(19-6-7)5-15-12(16)10-4-8(14)1-2-11(10)20(15,17)18/h1-4,6H,5,14H2. The van der Waals surface area contributed by atoms with Crippen LogP contribution in [-0.2, 0) is 16.6 Å². The SMILES string of the molecule is Nc1ccc2c(c1)C(=O)N(Cc1cc(Br)cs1)S2(=O)=O. The highest BCUT2D eigenvalue weighted by atomic mass is 79.9. The Labute approximate surface area is 128 Å². The maximum absolute atomic E-state index is 12.4. The highest BCUT2D eigenvalue weighted by Crippen LogP contribution is 2.33. The van der Waals surface area contributed by atoms with Gasteiger partial charge < -0.3 is 5.73 Å². The first-order chi connectivity index (χ1) is 9.39. The van der Waals surface area contributed by atoms with Crippen LogP contribution in [0.2, 0.25) is 0 Å². The van der Waals surface area contributed by atoms with Gasteiger partial charge in [-0.15, -0.1) is 11.3 Å². The van der Waals surface area contributed by atoms with Crippen LogP contribution in [0, 0.1) is 0 Å². The van der Waals surface area contributed by atoms with Gasteiger partial charge in [0, 0.05) is 20.4 Å². The quantitative estimate of drug-likeness (QED) is 0.820. The summed E-state index contributed by atoms with van der Waals surface area (Å²) < 4.78 is 26.5. The number of amides is 1. The zero-order valence-electron chi connectivity index (χ0n) is 10.0. The van der Waals surface area contributed by atoms with E-state index in [1.54, 1.807) is 6.07 Å². The Kier molecular flexibility index (Phi) is 3.11. The number of rotatable bonds is 2. The van der Waals surface area contributed by atoms with E-state index in [0.717, 1.165) is 13.7 Å². The lowest BCUT2D eigenvalue weighted by atomic mass is 10.2.